The lowest BCUT2D eigenvalue weighted by Gasteiger charge is -2.10. The van der Waals surface area contributed by atoms with Gasteiger partial charge in [-0.15, -0.1) is 0 Å². The third-order valence-corrected chi connectivity index (χ3v) is 4.28. The lowest BCUT2D eigenvalue weighted by atomic mass is 10.2. The molecule has 0 spiro atoms. The Kier molecular flexibility index (Phi) is 4.75. The molecule has 0 aliphatic rings. The van der Waals surface area contributed by atoms with Crippen LogP contribution in [0.1, 0.15) is 5.56 Å². The molecule has 0 radical (unpaired) electrons. The summed E-state index contributed by atoms with van der Waals surface area (Å²) in [5.74, 6) is 0.765. The Morgan fingerprint density at radius 2 is 2.09 bits per heavy atom. The number of nitrogens with one attached hydrogen (secondary N) is 2. The lowest BCUT2D eigenvalue weighted by molar-refractivity contribution is 0.0817. The molecule has 7 nitrogen and oxygen atoms in total. The normalized spacial score (nSPS) is 12.6. The number of aromatic amines is 1. The monoisotopic (exact) mass is 331 g/mol. The Morgan fingerprint density at radius 1 is 1.30 bits per heavy atom. The average molecular weight is 331 g/mol. The maximum absolute atomic E-state index is 9.61. The number of benzene rings is 1. The summed E-state index contributed by atoms with van der Waals surface area (Å²) in [6.07, 6.45) is 0.564. The summed E-state index contributed by atoms with van der Waals surface area (Å²) in [6, 6.07) is 10.0. The predicted molar refractivity (Wildman–Crippen MR) is 86.8 cm³/mol. The Morgan fingerprint density at radius 3 is 2.83 bits per heavy atom. The van der Waals surface area contributed by atoms with Crippen molar-refractivity contribution >= 4 is 22.9 Å². The van der Waals surface area contributed by atoms with Crippen LogP contribution in [0, 0.1) is 5.41 Å². The van der Waals surface area contributed by atoms with Gasteiger partial charge in [-0.2, -0.15) is 0 Å². The summed E-state index contributed by atoms with van der Waals surface area (Å²) in [4.78, 5) is 11.6. The topological polar surface area (TPSA) is 111 Å². The quantitative estimate of drug-likeness (QED) is 0.501. The fraction of sp³-hybridized carbons (Fsp3) is 0.267. The van der Waals surface area contributed by atoms with E-state index in [0.29, 0.717) is 16.3 Å². The van der Waals surface area contributed by atoms with E-state index in [0.717, 1.165) is 5.75 Å². The summed E-state index contributed by atoms with van der Waals surface area (Å²) in [5, 5.41) is 27.2. The Balaban J connectivity index is 1.86. The van der Waals surface area contributed by atoms with E-state index in [1.807, 2.05) is 30.3 Å². The molecule has 0 bridgehead atoms. The van der Waals surface area contributed by atoms with Crippen LogP contribution in [0.15, 0.2) is 41.8 Å². The molecule has 8 heteroatoms. The molecule has 0 fully saturated rings. The number of imidazole rings is 1. The maximum Gasteiger partial charge on any atom is 0.173 e. The number of H-pyrrole nitrogens is 1. The molecule has 120 valence electrons. The van der Waals surface area contributed by atoms with Crippen LogP contribution in [0.25, 0.3) is 11.2 Å². The van der Waals surface area contributed by atoms with Crippen LogP contribution in [-0.2, 0) is 12.3 Å². The number of hydrogen-bond acceptors (Lipinski definition) is 6. The molecule has 1 aromatic carbocycles. The summed E-state index contributed by atoms with van der Waals surface area (Å²) in [5.41, 5.74) is 2.36. The minimum Gasteiger partial charge on any atom is -0.394 e. The van der Waals surface area contributed by atoms with E-state index >= 15 is 0 Å². The number of fused-ring (bicyclic) bond motifs is 1. The first-order valence-corrected chi connectivity index (χ1v) is 8.11. The molecule has 0 amide bonds. The van der Waals surface area contributed by atoms with Gasteiger partial charge in [0.25, 0.3) is 0 Å². The van der Waals surface area contributed by atoms with E-state index in [1.54, 1.807) is 4.57 Å². The largest absolute Gasteiger partial charge is 0.394 e. The minimum atomic E-state index is -0.890. The van der Waals surface area contributed by atoms with Crippen LogP contribution in [0.2, 0.25) is 0 Å². The average Bonchev–Trinajstić information content (AvgIpc) is 3.02. The van der Waals surface area contributed by atoms with Gasteiger partial charge < -0.3 is 19.8 Å². The molecule has 0 aliphatic carbocycles. The number of aromatic nitrogens is 4. The third-order valence-electron chi connectivity index (χ3n) is 3.33. The molecule has 0 saturated carbocycles. The number of thioether (sulfide) groups is 1. The Labute approximate surface area is 136 Å². The van der Waals surface area contributed by atoms with Gasteiger partial charge in [0.2, 0.25) is 0 Å². The van der Waals surface area contributed by atoms with E-state index < -0.39 is 6.10 Å². The van der Waals surface area contributed by atoms with Gasteiger partial charge in [0.05, 0.1) is 25.6 Å². The molecule has 3 rings (SSSR count). The fourth-order valence-electron chi connectivity index (χ4n) is 2.18. The van der Waals surface area contributed by atoms with Crippen LogP contribution in [-0.4, -0.2) is 42.4 Å². The summed E-state index contributed by atoms with van der Waals surface area (Å²) in [7, 11) is 0. The summed E-state index contributed by atoms with van der Waals surface area (Å²) < 4.78 is 1.64. The van der Waals surface area contributed by atoms with Gasteiger partial charge in [0.15, 0.2) is 16.3 Å². The maximum atomic E-state index is 9.61. The highest BCUT2D eigenvalue weighted by molar-refractivity contribution is 7.98. The molecule has 2 aromatic heterocycles. The number of aliphatic hydroxyl groups is 2. The van der Waals surface area contributed by atoms with Gasteiger partial charge in [-0.3, -0.25) is 5.41 Å². The minimum absolute atomic E-state index is 0.105. The zero-order valence-electron chi connectivity index (χ0n) is 12.3. The van der Waals surface area contributed by atoms with Gasteiger partial charge in [-0.1, -0.05) is 42.1 Å². The molecule has 0 aliphatic heterocycles. The molecule has 1 atom stereocenters. The second-order valence-electron chi connectivity index (χ2n) is 5.10. The van der Waals surface area contributed by atoms with Crippen molar-refractivity contribution in [3.8, 4) is 0 Å². The number of aliphatic hydroxyl groups excluding tert-OH is 2. The van der Waals surface area contributed by atoms with Crippen molar-refractivity contribution in [3.63, 3.8) is 0 Å². The molecule has 0 saturated heterocycles. The standard InChI is InChI=1S/C15H17N5O2S/c16-13-12-14(20(9-17-13)6-11(22)7-21)19-15(18-12)23-8-10-4-2-1-3-5-10/h1-5,9,11,16,21-22H,6-8H2,(H,18,19)/t11-/m1/s1. The van der Waals surface area contributed by atoms with Crippen molar-refractivity contribution in [1.29, 1.82) is 5.41 Å². The van der Waals surface area contributed by atoms with Crippen molar-refractivity contribution in [2.75, 3.05) is 6.61 Å². The zero-order chi connectivity index (χ0) is 16.2. The number of hydrogen-bond donors (Lipinski definition) is 4. The van der Waals surface area contributed by atoms with Crippen LogP contribution < -0.4 is 5.49 Å². The van der Waals surface area contributed by atoms with Crippen molar-refractivity contribution in [2.24, 2.45) is 0 Å². The molecule has 3 aromatic rings. The van der Waals surface area contributed by atoms with Crippen LogP contribution in [0.4, 0.5) is 0 Å². The molecule has 2 heterocycles. The molecular weight excluding hydrogens is 314 g/mol. The molecule has 23 heavy (non-hydrogen) atoms. The van der Waals surface area contributed by atoms with Crippen LogP contribution >= 0.6 is 11.8 Å². The second kappa shape index (κ2) is 6.95. The third kappa shape index (κ3) is 3.61. The predicted octanol–water partition coefficient (Wildman–Crippen LogP) is 0.884. The van der Waals surface area contributed by atoms with E-state index in [-0.39, 0.29) is 18.6 Å². The van der Waals surface area contributed by atoms with Gasteiger partial charge >= 0.3 is 0 Å². The fourth-order valence-corrected chi connectivity index (χ4v) is 3.00. The van der Waals surface area contributed by atoms with Gasteiger partial charge in [-0.25, -0.2) is 9.97 Å². The smallest absolute Gasteiger partial charge is 0.173 e. The van der Waals surface area contributed by atoms with Crippen molar-refractivity contribution in [1.82, 2.24) is 19.5 Å². The van der Waals surface area contributed by atoms with Crippen molar-refractivity contribution in [2.45, 2.75) is 23.6 Å². The first-order chi connectivity index (χ1) is 11.2. The van der Waals surface area contributed by atoms with Gasteiger partial charge in [-0.05, 0) is 5.56 Å². The second-order valence-corrected chi connectivity index (χ2v) is 6.06. The van der Waals surface area contributed by atoms with E-state index in [4.69, 9.17) is 10.5 Å². The molecule has 0 unspecified atom stereocenters. The highest BCUT2D eigenvalue weighted by atomic mass is 32.2. The lowest BCUT2D eigenvalue weighted by Crippen LogP contribution is -2.22. The zero-order valence-corrected chi connectivity index (χ0v) is 13.1. The van der Waals surface area contributed by atoms with Crippen molar-refractivity contribution < 1.29 is 10.2 Å². The SMILES string of the molecule is N=c1ncn(C[C@@H](O)CO)c2nc(SCc3ccccc3)[nH]c12. The van der Waals surface area contributed by atoms with E-state index in [1.165, 1.54) is 23.7 Å². The summed E-state index contributed by atoms with van der Waals surface area (Å²) >= 11 is 1.54. The van der Waals surface area contributed by atoms with E-state index in [2.05, 4.69) is 15.0 Å². The Bertz CT molecular complexity index is 846. The number of nitrogens with zero attached hydrogens (tertiary/aromatic N) is 3. The first kappa shape index (κ1) is 15.7. The van der Waals surface area contributed by atoms with Gasteiger partial charge in [0, 0.05) is 5.75 Å². The first-order valence-electron chi connectivity index (χ1n) is 7.13. The number of rotatable bonds is 6. The van der Waals surface area contributed by atoms with Crippen LogP contribution in [0.3, 0.4) is 0 Å². The van der Waals surface area contributed by atoms with Gasteiger partial charge in [0.1, 0.15) is 5.52 Å². The molecular formula is C15H17N5O2S. The van der Waals surface area contributed by atoms with E-state index in [9.17, 15) is 5.11 Å². The summed E-state index contributed by atoms with van der Waals surface area (Å²) in [6.45, 7) is -0.162. The highest BCUT2D eigenvalue weighted by Crippen LogP contribution is 2.21. The Hall–Kier alpha value is -2.16. The highest BCUT2D eigenvalue weighted by Gasteiger charge is 2.12. The van der Waals surface area contributed by atoms with Crippen LogP contribution in [0.5, 0.6) is 0 Å². The van der Waals surface area contributed by atoms with Crippen molar-refractivity contribution in [3.05, 3.63) is 47.7 Å². The molecule has 4 N–H and O–H groups in total.